The van der Waals surface area contributed by atoms with E-state index in [1.165, 1.54) is 7.11 Å². The van der Waals surface area contributed by atoms with Crippen LogP contribution < -0.4 is 15.0 Å². The van der Waals surface area contributed by atoms with Crippen LogP contribution in [-0.2, 0) is 9.59 Å². The minimum absolute atomic E-state index is 0.00103. The summed E-state index contributed by atoms with van der Waals surface area (Å²) in [5.41, 5.74) is 0.928. The molecule has 0 radical (unpaired) electrons. The molecule has 0 saturated heterocycles. The van der Waals surface area contributed by atoms with Gasteiger partial charge in [-0.2, -0.15) is 0 Å². The first-order valence-electron chi connectivity index (χ1n) is 6.97. The van der Waals surface area contributed by atoms with E-state index in [1.807, 2.05) is 0 Å². The van der Waals surface area contributed by atoms with Gasteiger partial charge >= 0.3 is 0 Å². The number of imide groups is 1. The Hall–Kier alpha value is -2.50. The van der Waals surface area contributed by atoms with Gasteiger partial charge in [0.25, 0.3) is 11.8 Å². The van der Waals surface area contributed by atoms with E-state index in [4.69, 9.17) is 27.9 Å². The number of para-hydroxylation sites is 2. The van der Waals surface area contributed by atoms with Gasteiger partial charge < -0.3 is 10.1 Å². The van der Waals surface area contributed by atoms with Crippen LogP contribution in [-0.4, -0.2) is 18.9 Å². The van der Waals surface area contributed by atoms with Crippen LogP contribution in [0.2, 0.25) is 5.02 Å². The fourth-order valence-corrected chi connectivity index (χ4v) is 2.66. The lowest BCUT2D eigenvalue weighted by atomic mass is 10.2. The normalized spacial score (nSPS) is 14.4. The van der Waals surface area contributed by atoms with E-state index in [9.17, 15) is 9.59 Å². The molecule has 122 valence electrons. The van der Waals surface area contributed by atoms with Crippen LogP contribution in [0.25, 0.3) is 0 Å². The summed E-state index contributed by atoms with van der Waals surface area (Å²) in [4.78, 5) is 26.0. The van der Waals surface area contributed by atoms with Gasteiger partial charge in [0.05, 0.1) is 18.5 Å². The molecule has 0 saturated carbocycles. The van der Waals surface area contributed by atoms with Crippen molar-refractivity contribution in [3.05, 3.63) is 64.3 Å². The Morgan fingerprint density at radius 3 is 2.29 bits per heavy atom. The topological polar surface area (TPSA) is 58.6 Å². The molecule has 0 spiro atoms. The minimum atomic E-state index is -0.596. The summed E-state index contributed by atoms with van der Waals surface area (Å²) in [7, 11) is 1.51. The zero-order valence-electron chi connectivity index (χ0n) is 12.5. The first kappa shape index (κ1) is 16.4. The molecule has 3 rings (SSSR count). The second-order valence-electron chi connectivity index (χ2n) is 4.94. The summed E-state index contributed by atoms with van der Waals surface area (Å²) in [6.07, 6.45) is 0. The third kappa shape index (κ3) is 2.84. The molecule has 1 aliphatic heterocycles. The molecule has 1 N–H and O–H groups in total. The number of amides is 2. The van der Waals surface area contributed by atoms with Crippen molar-refractivity contribution in [2.75, 3.05) is 17.3 Å². The minimum Gasteiger partial charge on any atom is -0.495 e. The molecule has 2 aromatic rings. The number of hydrogen-bond donors (Lipinski definition) is 1. The van der Waals surface area contributed by atoms with Crippen LogP contribution in [0.1, 0.15) is 0 Å². The lowest BCUT2D eigenvalue weighted by Gasteiger charge is -2.15. The Labute approximate surface area is 148 Å². The molecular weight excluding hydrogens is 351 g/mol. The summed E-state index contributed by atoms with van der Waals surface area (Å²) in [5.74, 6) is -0.612. The molecule has 24 heavy (non-hydrogen) atoms. The summed E-state index contributed by atoms with van der Waals surface area (Å²) in [6, 6.07) is 13.4. The van der Waals surface area contributed by atoms with Gasteiger partial charge in [-0.3, -0.25) is 9.59 Å². The first-order valence-corrected chi connectivity index (χ1v) is 7.72. The number of nitrogens with zero attached hydrogens (tertiary/aromatic N) is 1. The smallest absolute Gasteiger partial charge is 0.283 e. The van der Waals surface area contributed by atoms with Gasteiger partial charge in [-0.05, 0) is 36.4 Å². The van der Waals surface area contributed by atoms with Crippen molar-refractivity contribution < 1.29 is 14.3 Å². The summed E-state index contributed by atoms with van der Waals surface area (Å²) in [6.45, 7) is 0. The van der Waals surface area contributed by atoms with E-state index >= 15 is 0 Å². The van der Waals surface area contributed by atoms with Gasteiger partial charge in [0.15, 0.2) is 0 Å². The summed E-state index contributed by atoms with van der Waals surface area (Å²) >= 11 is 11.9. The Bertz CT molecular complexity index is 847. The highest BCUT2D eigenvalue weighted by Crippen LogP contribution is 2.33. The van der Waals surface area contributed by atoms with Gasteiger partial charge in [-0.1, -0.05) is 35.3 Å². The molecule has 2 amide bonds. The number of carbonyl (C=O) groups is 2. The highest BCUT2D eigenvalue weighted by molar-refractivity contribution is 6.53. The van der Waals surface area contributed by atoms with E-state index in [2.05, 4.69) is 5.32 Å². The molecular formula is C17H12Cl2N2O3. The van der Waals surface area contributed by atoms with Crippen molar-refractivity contribution in [2.45, 2.75) is 0 Å². The van der Waals surface area contributed by atoms with Crippen molar-refractivity contribution >= 4 is 46.4 Å². The molecule has 0 atom stereocenters. The van der Waals surface area contributed by atoms with Gasteiger partial charge in [-0.15, -0.1) is 0 Å². The number of anilines is 2. The zero-order chi connectivity index (χ0) is 17.3. The lowest BCUT2D eigenvalue weighted by molar-refractivity contribution is -0.120. The Balaban J connectivity index is 1.93. The second-order valence-corrected chi connectivity index (χ2v) is 5.75. The zero-order valence-corrected chi connectivity index (χ0v) is 14.1. The Kier molecular flexibility index (Phi) is 4.46. The molecule has 0 bridgehead atoms. The molecule has 0 unspecified atom stereocenters. The van der Waals surface area contributed by atoms with Crippen LogP contribution in [0.4, 0.5) is 11.4 Å². The van der Waals surface area contributed by atoms with Gasteiger partial charge in [0.1, 0.15) is 16.5 Å². The average molecular weight is 363 g/mol. The standard InChI is InChI=1S/C17H12Cl2N2O3/c1-24-13-5-3-2-4-12(13)20-15-14(19)16(22)21(17(15)23)11-8-6-10(18)7-9-11/h2-9,20H,1H3. The number of nitrogens with one attached hydrogen (secondary N) is 1. The second kappa shape index (κ2) is 6.55. The van der Waals surface area contributed by atoms with Crippen LogP contribution in [0, 0.1) is 0 Å². The van der Waals surface area contributed by atoms with Crippen LogP contribution in [0.5, 0.6) is 5.75 Å². The number of rotatable bonds is 4. The van der Waals surface area contributed by atoms with E-state index in [1.54, 1.807) is 48.5 Å². The third-order valence-corrected chi connectivity index (χ3v) is 4.08. The molecule has 0 aliphatic carbocycles. The van der Waals surface area contributed by atoms with Crippen molar-refractivity contribution in [1.82, 2.24) is 0 Å². The molecule has 0 aromatic heterocycles. The van der Waals surface area contributed by atoms with Crippen molar-refractivity contribution in [3.8, 4) is 5.75 Å². The monoisotopic (exact) mass is 362 g/mol. The van der Waals surface area contributed by atoms with E-state index in [0.29, 0.717) is 22.1 Å². The summed E-state index contributed by atoms with van der Waals surface area (Å²) < 4.78 is 5.22. The van der Waals surface area contributed by atoms with Gasteiger partial charge in [0.2, 0.25) is 0 Å². The lowest BCUT2D eigenvalue weighted by Crippen LogP contribution is -2.32. The van der Waals surface area contributed by atoms with Crippen molar-refractivity contribution in [3.63, 3.8) is 0 Å². The maximum atomic E-state index is 12.6. The number of hydrogen-bond acceptors (Lipinski definition) is 4. The number of ether oxygens (including phenoxy) is 1. The van der Waals surface area contributed by atoms with Crippen molar-refractivity contribution in [2.24, 2.45) is 0 Å². The third-order valence-electron chi connectivity index (χ3n) is 3.48. The van der Waals surface area contributed by atoms with Crippen molar-refractivity contribution in [1.29, 1.82) is 0 Å². The van der Waals surface area contributed by atoms with Gasteiger partial charge in [0, 0.05) is 5.02 Å². The van der Waals surface area contributed by atoms with Crippen LogP contribution in [0.3, 0.4) is 0 Å². The Morgan fingerprint density at radius 1 is 0.958 bits per heavy atom. The predicted octanol–water partition coefficient (Wildman–Crippen LogP) is 3.78. The quantitative estimate of drug-likeness (QED) is 0.840. The predicted molar refractivity (Wildman–Crippen MR) is 93.4 cm³/mol. The fourth-order valence-electron chi connectivity index (χ4n) is 2.32. The molecule has 0 fully saturated rings. The molecule has 1 aliphatic rings. The number of halogens is 2. The van der Waals surface area contributed by atoms with Crippen LogP contribution in [0.15, 0.2) is 59.3 Å². The number of carbonyl (C=O) groups excluding carboxylic acids is 2. The maximum Gasteiger partial charge on any atom is 0.283 e. The highest BCUT2D eigenvalue weighted by Gasteiger charge is 2.39. The maximum absolute atomic E-state index is 12.6. The Morgan fingerprint density at radius 2 is 1.62 bits per heavy atom. The molecule has 1 heterocycles. The van der Waals surface area contributed by atoms with E-state index in [0.717, 1.165) is 4.90 Å². The molecule has 7 heteroatoms. The fraction of sp³-hybridized carbons (Fsp3) is 0.0588. The molecule has 2 aromatic carbocycles. The molecule has 5 nitrogen and oxygen atoms in total. The highest BCUT2D eigenvalue weighted by atomic mass is 35.5. The summed E-state index contributed by atoms with van der Waals surface area (Å²) in [5, 5.41) is 3.21. The number of methoxy groups -OCH3 is 1. The first-order chi connectivity index (χ1) is 11.5. The SMILES string of the molecule is COc1ccccc1NC1=C(Cl)C(=O)N(c2ccc(Cl)cc2)C1=O. The van der Waals surface area contributed by atoms with E-state index < -0.39 is 11.8 Å². The number of benzene rings is 2. The average Bonchev–Trinajstić information content (AvgIpc) is 2.80. The van der Waals surface area contributed by atoms with E-state index in [-0.39, 0.29) is 10.7 Å². The largest absolute Gasteiger partial charge is 0.495 e. The van der Waals surface area contributed by atoms with Crippen LogP contribution >= 0.6 is 23.2 Å². The van der Waals surface area contributed by atoms with Gasteiger partial charge in [-0.25, -0.2) is 4.90 Å².